The molecule has 1 aromatic carbocycles. The molecule has 0 fully saturated rings. The van der Waals surface area contributed by atoms with Gasteiger partial charge in [0.15, 0.2) is 0 Å². The van der Waals surface area contributed by atoms with Crippen LogP contribution in [0.2, 0.25) is 0 Å². The first kappa shape index (κ1) is 12.7. The first-order chi connectivity index (χ1) is 7.35. The number of sulfonamides is 1. The molecule has 0 unspecified atom stereocenters. The fourth-order valence-electron chi connectivity index (χ4n) is 1.34. The van der Waals surface area contributed by atoms with Crippen molar-refractivity contribution in [2.75, 3.05) is 13.6 Å². The predicted octanol–water partition coefficient (Wildman–Crippen LogP) is 0.551. The molecular weight excluding hydrogens is 226 g/mol. The van der Waals surface area contributed by atoms with E-state index in [1.807, 2.05) is 0 Å². The zero-order valence-electron chi connectivity index (χ0n) is 9.27. The fourth-order valence-corrected chi connectivity index (χ4v) is 2.71. The van der Waals surface area contributed by atoms with Crippen molar-refractivity contribution < 1.29 is 8.42 Å². The van der Waals surface area contributed by atoms with Gasteiger partial charge in [0.25, 0.3) is 0 Å². The van der Waals surface area contributed by atoms with Gasteiger partial charge in [-0.1, -0.05) is 18.2 Å². The quantitative estimate of drug-likeness (QED) is 0.596. The topological polar surface area (TPSA) is 87.2 Å². The van der Waals surface area contributed by atoms with E-state index in [1.165, 1.54) is 7.05 Å². The third-order valence-electron chi connectivity index (χ3n) is 2.17. The van der Waals surface area contributed by atoms with Gasteiger partial charge >= 0.3 is 0 Å². The molecule has 0 atom stereocenters. The van der Waals surface area contributed by atoms with E-state index in [2.05, 4.69) is 0 Å². The Kier molecular flexibility index (Phi) is 3.66. The van der Waals surface area contributed by atoms with E-state index in [0.717, 1.165) is 4.31 Å². The summed E-state index contributed by atoms with van der Waals surface area (Å²) in [6.45, 7) is 1.63. The Morgan fingerprint density at radius 1 is 1.44 bits per heavy atom. The summed E-state index contributed by atoms with van der Waals surface area (Å²) in [7, 11) is -2.15. The monoisotopic (exact) mass is 241 g/mol. The summed E-state index contributed by atoms with van der Waals surface area (Å²) in [4.78, 5) is 0.249. The SMILES string of the molecule is Cc1ccccc1S(=O)(=O)N(C)CC(=N)N. The highest BCUT2D eigenvalue weighted by atomic mass is 32.2. The highest BCUT2D eigenvalue weighted by Gasteiger charge is 2.22. The van der Waals surface area contributed by atoms with Gasteiger partial charge in [-0.2, -0.15) is 4.31 Å². The van der Waals surface area contributed by atoms with Crippen molar-refractivity contribution in [3.05, 3.63) is 29.8 Å². The number of nitrogens with zero attached hydrogens (tertiary/aromatic N) is 1. The number of benzene rings is 1. The van der Waals surface area contributed by atoms with Crippen molar-refractivity contribution in [2.45, 2.75) is 11.8 Å². The summed E-state index contributed by atoms with van der Waals surface area (Å²) < 4.78 is 25.2. The summed E-state index contributed by atoms with van der Waals surface area (Å²) in [5.41, 5.74) is 5.86. The van der Waals surface area contributed by atoms with Crippen LogP contribution in [0.4, 0.5) is 0 Å². The minimum Gasteiger partial charge on any atom is -0.387 e. The molecule has 0 radical (unpaired) electrons. The number of nitrogens with two attached hydrogens (primary N) is 1. The van der Waals surface area contributed by atoms with Crippen molar-refractivity contribution in [1.82, 2.24) is 4.31 Å². The van der Waals surface area contributed by atoms with Crippen LogP contribution in [-0.2, 0) is 10.0 Å². The van der Waals surface area contributed by atoms with Crippen LogP contribution in [0.5, 0.6) is 0 Å². The van der Waals surface area contributed by atoms with Crippen LogP contribution in [0.1, 0.15) is 5.56 Å². The molecule has 88 valence electrons. The van der Waals surface area contributed by atoms with Crippen LogP contribution in [0.25, 0.3) is 0 Å². The first-order valence-electron chi connectivity index (χ1n) is 4.70. The molecule has 0 aliphatic carbocycles. The van der Waals surface area contributed by atoms with Gasteiger partial charge in [-0.3, -0.25) is 5.41 Å². The van der Waals surface area contributed by atoms with Gasteiger partial charge in [-0.15, -0.1) is 0 Å². The Bertz CT molecular complexity index is 497. The van der Waals surface area contributed by atoms with Gasteiger partial charge in [0, 0.05) is 7.05 Å². The number of hydrogen-bond acceptors (Lipinski definition) is 3. The van der Waals surface area contributed by atoms with E-state index < -0.39 is 10.0 Å². The maximum Gasteiger partial charge on any atom is 0.243 e. The molecule has 0 aliphatic rings. The van der Waals surface area contributed by atoms with Crippen molar-refractivity contribution in [2.24, 2.45) is 5.73 Å². The predicted molar refractivity (Wildman–Crippen MR) is 62.9 cm³/mol. The zero-order valence-corrected chi connectivity index (χ0v) is 10.1. The molecule has 0 saturated heterocycles. The van der Waals surface area contributed by atoms with E-state index in [0.29, 0.717) is 5.56 Å². The maximum atomic E-state index is 12.1. The summed E-state index contributed by atoms with van der Waals surface area (Å²) >= 11 is 0. The molecule has 6 heteroatoms. The van der Waals surface area contributed by atoms with Gasteiger partial charge < -0.3 is 5.73 Å². The molecule has 0 spiro atoms. The molecule has 0 aliphatic heterocycles. The van der Waals surface area contributed by atoms with E-state index in [-0.39, 0.29) is 17.3 Å². The van der Waals surface area contributed by atoms with E-state index >= 15 is 0 Å². The van der Waals surface area contributed by atoms with Crippen molar-refractivity contribution in [3.63, 3.8) is 0 Å². The van der Waals surface area contributed by atoms with Crippen molar-refractivity contribution >= 4 is 15.9 Å². The van der Waals surface area contributed by atoms with Crippen molar-refractivity contribution in [3.8, 4) is 0 Å². The average molecular weight is 241 g/mol. The van der Waals surface area contributed by atoms with E-state index in [4.69, 9.17) is 11.1 Å². The summed E-state index contributed by atoms with van der Waals surface area (Å²) in [5.74, 6) is -0.181. The lowest BCUT2D eigenvalue weighted by Gasteiger charge is -2.17. The van der Waals surface area contributed by atoms with Gasteiger partial charge in [-0.05, 0) is 18.6 Å². The van der Waals surface area contributed by atoms with Gasteiger partial charge in [0.2, 0.25) is 10.0 Å². The maximum absolute atomic E-state index is 12.1. The number of likely N-dealkylation sites (N-methyl/N-ethyl adjacent to an activating group) is 1. The summed E-state index contributed by atoms with van der Waals surface area (Å²) in [6.07, 6.45) is 0. The lowest BCUT2D eigenvalue weighted by atomic mass is 10.2. The minimum absolute atomic E-state index is 0.101. The number of hydrogen-bond donors (Lipinski definition) is 2. The van der Waals surface area contributed by atoms with Crippen LogP contribution >= 0.6 is 0 Å². The number of nitrogens with one attached hydrogen (secondary N) is 1. The highest BCUT2D eigenvalue weighted by Crippen LogP contribution is 2.17. The zero-order chi connectivity index (χ0) is 12.3. The molecule has 1 rings (SSSR count). The van der Waals surface area contributed by atoms with E-state index in [9.17, 15) is 8.42 Å². The molecule has 0 bridgehead atoms. The second kappa shape index (κ2) is 4.63. The Labute approximate surface area is 95.4 Å². The number of rotatable bonds is 4. The number of aryl methyl sites for hydroxylation is 1. The van der Waals surface area contributed by atoms with Crippen molar-refractivity contribution in [1.29, 1.82) is 5.41 Å². The second-order valence-electron chi connectivity index (χ2n) is 3.55. The third kappa shape index (κ3) is 2.59. The largest absolute Gasteiger partial charge is 0.387 e. The van der Waals surface area contributed by atoms with Gasteiger partial charge in [-0.25, -0.2) is 8.42 Å². The highest BCUT2D eigenvalue weighted by molar-refractivity contribution is 7.89. The second-order valence-corrected chi connectivity index (χ2v) is 5.57. The standard InChI is InChI=1S/C10H15N3O2S/c1-8-5-3-4-6-9(8)16(14,15)13(2)7-10(11)12/h3-6H,7H2,1-2H3,(H3,11,12). The fraction of sp³-hybridized carbons (Fsp3) is 0.300. The van der Waals surface area contributed by atoms with Crippen LogP contribution in [0, 0.1) is 12.3 Å². The Balaban J connectivity index is 3.12. The molecule has 0 saturated carbocycles. The Morgan fingerprint density at radius 2 is 2.00 bits per heavy atom. The van der Waals surface area contributed by atoms with Crippen LogP contribution in [0.15, 0.2) is 29.2 Å². The lowest BCUT2D eigenvalue weighted by molar-refractivity contribution is 0.504. The molecule has 16 heavy (non-hydrogen) atoms. The Hall–Kier alpha value is -1.40. The molecule has 0 heterocycles. The molecular formula is C10H15N3O2S. The normalized spacial score (nSPS) is 11.7. The molecule has 5 nitrogen and oxygen atoms in total. The van der Waals surface area contributed by atoms with E-state index in [1.54, 1.807) is 31.2 Å². The van der Waals surface area contributed by atoms with Crippen LogP contribution in [0.3, 0.4) is 0 Å². The summed E-state index contributed by atoms with van der Waals surface area (Å²) in [5, 5.41) is 7.09. The lowest BCUT2D eigenvalue weighted by Crippen LogP contribution is -2.35. The third-order valence-corrected chi connectivity index (χ3v) is 4.14. The minimum atomic E-state index is -3.55. The number of amidine groups is 1. The molecule has 3 N–H and O–H groups in total. The first-order valence-corrected chi connectivity index (χ1v) is 6.14. The smallest absolute Gasteiger partial charge is 0.243 e. The molecule has 0 amide bonds. The van der Waals surface area contributed by atoms with Crippen LogP contribution < -0.4 is 5.73 Å². The van der Waals surface area contributed by atoms with Gasteiger partial charge in [0.1, 0.15) is 5.84 Å². The molecule has 1 aromatic rings. The molecule has 0 aromatic heterocycles. The van der Waals surface area contributed by atoms with Gasteiger partial charge in [0.05, 0.1) is 11.4 Å². The van der Waals surface area contributed by atoms with Crippen LogP contribution in [-0.4, -0.2) is 32.2 Å². The Morgan fingerprint density at radius 3 is 2.50 bits per heavy atom. The summed E-state index contributed by atoms with van der Waals surface area (Å²) in [6, 6.07) is 6.72. The average Bonchev–Trinajstić information content (AvgIpc) is 2.16.